The van der Waals surface area contributed by atoms with Crippen molar-refractivity contribution >= 4 is 11.6 Å². The average Bonchev–Trinajstić information content (AvgIpc) is 3.63. The second-order valence-corrected chi connectivity index (χ2v) is 9.08. The van der Waals surface area contributed by atoms with E-state index in [2.05, 4.69) is 26.5 Å². The first-order valence-corrected chi connectivity index (χ1v) is 11.2. The van der Waals surface area contributed by atoms with Gasteiger partial charge in [-0.25, -0.2) is 4.98 Å². The molecule has 2 aliphatic carbocycles. The van der Waals surface area contributed by atoms with Crippen LogP contribution < -0.4 is 10.6 Å². The molecule has 0 bridgehead atoms. The van der Waals surface area contributed by atoms with E-state index in [-0.39, 0.29) is 0 Å². The molecule has 4 aliphatic rings. The van der Waals surface area contributed by atoms with E-state index in [4.69, 9.17) is 4.98 Å². The second kappa shape index (κ2) is 7.88. The number of piperidine rings is 2. The smallest absolute Gasteiger partial charge is 0.146 e. The fourth-order valence-corrected chi connectivity index (χ4v) is 4.84. The maximum absolute atomic E-state index is 9.51. The van der Waals surface area contributed by atoms with Crippen LogP contribution in [0.1, 0.15) is 56.9 Å². The predicted octanol–water partition coefficient (Wildman–Crippen LogP) is 3.03. The maximum Gasteiger partial charge on any atom is 0.146 e. The summed E-state index contributed by atoms with van der Waals surface area (Å²) in [6, 6.07) is 8.83. The van der Waals surface area contributed by atoms with E-state index in [9.17, 15) is 5.26 Å². The van der Waals surface area contributed by atoms with E-state index < -0.39 is 0 Å². The quantitative estimate of drug-likeness (QED) is 0.791. The van der Waals surface area contributed by atoms with Gasteiger partial charge >= 0.3 is 0 Å². The monoisotopic (exact) mass is 380 g/mol. The molecule has 2 saturated heterocycles. The molecule has 2 saturated carbocycles. The van der Waals surface area contributed by atoms with Gasteiger partial charge in [0.25, 0.3) is 0 Å². The molecule has 28 heavy (non-hydrogen) atoms. The molecule has 0 radical (unpaired) electrons. The van der Waals surface area contributed by atoms with E-state index >= 15 is 0 Å². The van der Waals surface area contributed by atoms with Gasteiger partial charge < -0.3 is 20.4 Å². The van der Waals surface area contributed by atoms with E-state index in [1.54, 1.807) is 0 Å². The number of hydrogen-bond acceptors (Lipinski definition) is 6. The zero-order valence-electron chi connectivity index (χ0n) is 16.7. The van der Waals surface area contributed by atoms with Crippen LogP contribution in [-0.2, 0) is 0 Å². The lowest BCUT2D eigenvalue weighted by Crippen LogP contribution is -2.40. The molecular weight excluding hydrogens is 348 g/mol. The zero-order valence-corrected chi connectivity index (χ0v) is 16.7. The van der Waals surface area contributed by atoms with Crippen molar-refractivity contribution in [2.75, 3.05) is 36.8 Å². The molecule has 2 N–H and O–H groups in total. The largest absolute Gasteiger partial charge is 0.367 e. The molecule has 5 rings (SSSR count). The van der Waals surface area contributed by atoms with Gasteiger partial charge in [-0.15, -0.1) is 0 Å². The second-order valence-electron chi connectivity index (χ2n) is 9.08. The number of hydrogen-bond donors (Lipinski definition) is 2. The topological polar surface area (TPSA) is 67.2 Å². The van der Waals surface area contributed by atoms with Crippen molar-refractivity contribution in [3.05, 3.63) is 17.7 Å². The number of nitrogens with one attached hydrogen (secondary N) is 2. The Morgan fingerprint density at radius 3 is 1.82 bits per heavy atom. The van der Waals surface area contributed by atoms with Gasteiger partial charge in [-0.3, -0.25) is 0 Å². The number of nitriles is 1. The fraction of sp³-hybridized carbons (Fsp3) is 0.727. The first-order valence-electron chi connectivity index (χ1n) is 11.2. The highest BCUT2D eigenvalue weighted by atomic mass is 15.2. The van der Waals surface area contributed by atoms with Crippen LogP contribution in [0.3, 0.4) is 0 Å². The van der Waals surface area contributed by atoms with Gasteiger partial charge in [-0.05, 0) is 63.5 Å². The van der Waals surface area contributed by atoms with Gasteiger partial charge in [0.05, 0.1) is 5.56 Å². The minimum atomic E-state index is 0.423. The summed E-state index contributed by atoms with van der Waals surface area (Å²) < 4.78 is 0. The van der Waals surface area contributed by atoms with Gasteiger partial charge in [0.1, 0.15) is 17.7 Å². The lowest BCUT2D eigenvalue weighted by molar-refractivity contribution is 0.209. The number of rotatable bonds is 6. The minimum Gasteiger partial charge on any atom is -0.367 e. The molecule has 6 heteroatoms. The Balaban J connectivity index is 1.18. The van der Waals surface area contributed by atoms with Crippen LogP contribution in [0, 0.1) is 11.3 Å². The van der Waals surface area contributed by atoms with E-state index in [0.717, 1.165) is 36.6 Å². The molecular formula is C22H32N6. The highest BCUT2D eigenvalue weighted by molar-refractivity contribution is 5.57. The molecule has 150 valence electrons. The molecule has 0 spiro atoms. The Kier molecular flexibility index (Phi) is 5.13. The van der Waals surface area contributed by atoms with Crippen molar-refractivity contribution in [1.29, 1.82) is 5.26 Å². The molecule has 0 amide bonds. The maximum atomic E-state index is 9.51. The van der Waals surface area contributed by atoms with Gasteiger partial charge in [0.2, 0.25) is 0 Å². The number of anilines is 2. The van der Waals surface area contributed by atoms with Crippen LogP contribution in [0.5, 0.6) is 0 Å². The summed E-state index contributed by atoms with van der Waals surface area (Å²) in [4.78, 5) is 10.1. The SMILES string of the molecule is N#Cc1ccc(NC2CCN(C3CC3)CC2)nc1NC1CCN(C2CC2)CC1. The summed E-state index contributed by atoms with van der Waals surface area (Å²) in [6.07, 6.45) is 10.2. The highest BCUT2D eigenvalue weighted by Crippen LogP contribution is 2.31. The average molecular weight is 381 g/mol. The highest BCUT2D eigenvalue weighted by Gasteiger charge is 2.33. The van der Waals surface area contributed by atoms with E-state index in [1.165, 1.54) is 64.7 Å². The molecule has 2 aliphatic heterocycles. The van der Waals surface area contributed by atoms with Crippen LogP contribution in [0.4, 0.5) is 11.6 Å². The zero-order chi connectivity index (χ0) is 18.9. The van der Waals surface area contributed by atoms with E-state index in [0.29, 0.717) is 17.6 Å². The third kappa shape index (κ3) is 4.26. The Morgan fingerprint density at radius 1 is 0.786 bits per heavy atom. The third-order valence-corrected chi connectivity index (χ3v) is 6.89. The molecule has 1 aromatic rings. The summed E-state index contributed by atoms with van der Waals surface area (Å²) in [7, 11) is 0. The molecule has 3 heterocycles. The van der Waals surface area contributed by atoms with Crippen LogP contribution in [0.2, 0.25) is 0 Å². The Labute approximate surface area is 168 Å². The van der Waals surface area contributed by atoms with Crippen molar-refractivity contribution in [2.45, 2.75) is 75.5 Å². The van der Waals surface area contributed by atoms with Crippen molar-refractivity contribution in [3.8, 4) is 6.07 Å². The molecule has 0 atom stereocenters. The standard InChI is InChI=1S/C22H32N6/c23-15-16-1-6-21(24-17-7-11-27(12-8-17)19-2-3-19)26-22(16)25-18-9-13-28(14-10-18)20-4-5-20/h1,6,17-20H,2-5,7-14H2,(H2,24,25,26). The third-order valence-electron chi connectivity index (χ3n) is 6.89. The predicted molar refractivity (Wildman–Crippen MR) is 111 cm³/mol. The van der Waals surface area contributed by atoms with Crippen molar-refractivity contribution in [2.24, 2.45) is 0 Å². The van der Waals surface area contributed by atoms with Crippen molar-refractivity contribution in [1.82, 2.24) is 14.8 Å². The van der Waals surface area contributed by atoms with Crippen LogP contribution in [0.15, 0.2) is 12.1 Å². The van der Waals surface area contributed by atoms with Crippen LogP contribution in [0.25, 0.3) is 0 Å². The summed E-state index contributed by atoms with van der Waals surface area (Å²) in [5.41, 5.74) is 0.652. The Morgan fingerprint density at radius 2 is 1.32 bits per heavy atom. The number of likely N-dealkylation sites (tertiary alicyclic amines) is 2. The first kappa shape index (κ1) is 18.2. The first-order chi connectivity index (χ1) is 13.8. The van der Waals surface area contributed by atoms with Gasteiger partial charge in [0, 0.05) is 50.3 Å². The number of pyridine rings is 1. The minimum absolute atomic E-state index is 0.423. The van der Waals surface area contributed by atoms with Crippen molar-refractivity contribution in [3.63, 3.8) is 0 Å². The normalized spacial score (nSPS) is 25.4. The number of nitrogens with zero attached hydrogens (tertiary/aromatic N) is 4. The summed E-state index contributed by atoms with van der Waals surface area (Å²) in [6.45, 7) is 4.73. The van der Waals surface area contributed by atoms with Gasteiger partial charge in [-0.2, -0.15) is 5.26 Å². The van der Waals surface area contributed by atoms with Crippen LogP contribution in [-0.4, -0.2) is 65.1 Å². The van der Waals surface area contributed by atoms with Crippen molar-refractivity contribution < 1.29 is 0 Å². The lowest BCUT2D eigenvalue weighted by Gasteiger charge is -2.33. The Bertz CT molecular complexity index is 719. The lowest BCUT2D eigenvalue weighted by atomic mass is 10.0. The fourth-order valence-electron chi connectivity index (χ4n) is 4.84. The summed E-state index contributed by atoms with van der Waals surface area (Å²) in [5.74, 6) is 1.66. The molecule has 0 aromatic carbocycles. The molecule has 1 aromatic heterocycles. The van der Waals surface area contributed by atoms with E-state index in [1.807, 2.05) is 12.1 Å². The summed E-state index contributed by atoms with van der Waals surface area (Å²) >= 11 is 0. The molecule has 4 fully saturated rings. The van der Waals surface area contributed by atoms with Crippen LogP contribution >= 0.6 is 0 Å². The Hall–Kier alpha value is -1.84. The van der Waals surface area contributed by atoms with Gasteiger partial charge in [-0.1, -0.05) is 0 Å². The molecule has 6 nitrogen and oxygen atoms in total. The molecule has 0 unspecified atom stereocenters. The summed E-state index contributed by atoms with van der Waals surface area (Å²) in [5, 5.41) is 16.7. The number of aromatic nitrogens is 1. The van der Waals surface area contributed by atoms with Gasteiger partial charge in [0.15, 0.2) is 0 Å².